The van der Waals surface area contributed by atoms with E-state index in [-0.39, 0.29) is 16.8 Å². The van der Waals surface area contributed by atoms with Gasteiger partial charge in [0.1, 0.15) is 5.76 Å². The summed E-state index contributed by atoms with van der Waals surface area (Å²) >= 11 is 0. The fourth-order valence-electron chi connectivity index (χ4n) is 1.61. The number of methoxy groups -OCH3 is 1. The third kappa shape index (κ3) is 4.39. The molecule has 0 aliphatic rings. The monoisotopic (exact) mass is 238 g/mol. The maximum absolute atomic E-state index is 9.70. The molecule has 0 aliphatic carbocycles. The molecule has 0 aromatic heterocycles. The van der Waals surface area contributed by atoms with Crippen molar-refractivity contribution in [3.63, 3.8) is 0 Å². The molecule has 2 heteroatoms. The number of aliphatic hydroxyl groups is 1. The fourth-order valence-corrected chi connectivity index (χ4v) is 1.61. The fraction of sp³-hybridized carbons (Fsp3) is 0.600. The average molecular weight is 238 g/mol. The molecule has 0 aromatic carbocycles. The van der Waals surface area contributed by atoms with E-state index in [4.69, 9.17) is 4.74 Å². The van der Waals surface area contributed by atoms with E-state index in [1.807, 2.05) is 53.7 Å². The van der Waals surface area contributed by atoms with Gasteiger partial charge in [-0.25, -0.2) is 0 Å². The summed E-state index contributed by atoms with van der Waals surface area (Å²) < 4.78 is 5.46. The first-order valence-corrected chi connectivity index (χ1v) is 5.88. The van der Waals surface area contributed by atoms with Gasteiger partial charge >= 0.3 is 0 Å². The number of allylic oxidation sites excluding steroid dienone is 2. The summed E-state index contributed by atoms with van der Waals surface area (Å²) in [5, 5.41) is 9.70. The van der Waals surface area contributed by atoms with E-state index in [9.17, 15) is 5.11 Å². The summed E-state index contributed by atoms with van der Waals surface area (Å²) in [6.07, 6.45) is 3.96. The number of hydrogen-bond donors (Lipinski definition) is 1. The Morgan fingerprint density at radius 1 is 1.18 bits per heavy atom. The van der Waals surface area contributed by atoms with Gasteiger partial charge in [-0.15, -0.1) is 0 Å². The van der Waals surface area contributed by atoms with Crippen molar-refractivity contribution in [1.82, 2.24) is 0 Å². The van der Waals surface area contributed by atoms with Gasteiger partial charge in [0.05, 0.1) is 5.60 Å². The van der Waals surface area contributed by atoms with Crippen LogP contribution in [0, 0.1) is 5.41 Å². The Morgan fingerprint density at radius 2 is 1.65 bits per heavy atom. The second-order valence-electron chi connectivity index (χ2n) is 5.71. The summed E-state index contributed by atoms with van der Waals surface area (Å²) in [4.78, 5) is 0. The van der Waals surface area contributed by atoms with Gasteiger partial charge in [0, 0.05) is 7.11 Å². The Morgan fingerprint density at radius 3 is 1.88 bits per heavy atom. The molecule has 0 heterocycles. The second kappa shape index (κ2) is 5.54. The highest BCUT2D eigenvalue weighted by molar-refractivity contribution is 5.39. The highest BCUT2D eigenvalue weighted by Gasteiger charge is 2.25. The predicted molar refractivity (Wildman–Crippen MR) is 74.2 cm³/mol. The first kappa shape index (κ1) is 16.0. The molecule has 0 unspecified atom stereocenters. The first-order chi connectivity index (χ1) is 7.56. The maximum Gasteiger partial charge on any atom is 0.112 e. The molecule has 0 aromatic rings. The summed E-state index contributed by atoms with van der Waals surface area (Å²) in [5.74, 6) is 0.115. The molecule has 0 bridgehead atoms. The zero-order valence-corrected chi connectivity index (χ0v) is 12.2. The summed E-state index contributed by atoms with van der Waals surface area (Å²) in [6, 6.07) is 0. The van der Waals surface area contributed by atoms with E-state index in [2.05, 4.69) is 6.58 Å². The van der Waals surface area contributed by atoms with Gasteiger partial charge in [-0.05, 0) is 43.4 Å². The molecule has 0 atom stereocenters. The molecule has 2 nitrogen and oxygen atoms in total. The topological polar surface area (TPSA) is 29.5 Å². The van der Waals surface area contributed by atoms with Crippen LogP contribution in [0.15, 0.2) is 35.6 Å². The molecule has 0 radical (unpaired) electrons. The summed E-state index contributed by atoms with van der Waals surface area (Å²) in [7, 11) is 1.68. The number of hydrogen-bond acceptors (Lipinski definition) is 2. The lowest BCUT2D eigenvalue weighted by Crippen LogP contribution is -2.25. The highest BCUT2D eigenvalue weighted by atomic mass is 16.5. The van der Waals surface area contributed by atoms with E-state index < -0.39 is 0 Å². The predicted octanol–water partition coefficient (Wildman–Crippen LogP) is 4.40. The lowest BCUT2D eigenvalue weighted by atomic mass is 9.82. The molecular weight excluding hydrogens is 212 g/mol. The van der Waals surface area contributed by atoms with Crippen molar-refractivity contribution in [3.8, 4) is 0 Å². The van der Waals surface area contributed by atoms with Gasteiger partial charge in [0.25, 0.3) is 0 Å². The first-order valence-electron chi connectivity index (χ1n) is 5.88. The Hall–Kier alpha value is -1.02. The van der Waals surface area contributed by atoms with Crippen LogP contribution in [-0.4, -0.2) is 17.8 Å². The molecule has 17 heavy (non-hydrogen) atoms. The minimum atomic E-state index is -0.374. The molecule has 98 valence electrons. The van der Waals surface area contributed by atoms with Crippen LogP contribution >= 0.6 is 0 Å². The summed E-state index contributed by atoms with van der Waals surface area (Å²) in [6.45, 7) is 15.7. The second-order valence-corrected chi connectivity index (χ2v) is 5.71. The Bertz CT molecular complexity index is 338. The quantitative estimate of drug-likeness (QED) is 0.581. The van der Waals surface area contributed by atoms with Gasteiger partial charge in [-0.2, -0.15) is 0 Å². The molecule has 0 saturated carbocycles. The van der Waals surface area contributed by atoms with Crippen molar-refractivity contribution in [3.05, 3.63) is 35.6 Å². The van der Waals surface area contributed by atoms with E-state index in [0.717, 1.165) is 11.1 Å². The molecule has 0 amide bonds. The molecular formula is C15H26O2. The third-order valence-electron chi connectivity index (χ3n) is 2.94. The standard InChI is InChI=1S/C15H26O2/c1-9-12(15(6,7)17-8)10-13(11(2)16)14(3,4)5/h9-10,16H,2H2,1,3-8H3/b12-9+,13-10+. The normalized spacial score (nSPS) is 15.0. The van der Waals surface area contributed by atoms with Crippen LogP contribution in [0.25, 0.3) is 0 Å². The zero-order chi connectivity index (χ0) is 13.9. The van der Waals surface area contributed by atoms with E-state index in [1.54, 1.807) is 7.11 Å². The van der Waals surface area contributed by atoms with Crippen molar-refractivity contribution in [2.75, 3.05) is 7.11 Å². The van der Waals surface area contributed by atoms with E-state index in [0.29, 0.717) is 0 Å². The maximum atomic E-state index is 9.70. The average Bonchev–Trinajstić information content (AvgIpc) is 2.15. The van der Waals surface area contributed by atoms with Gasteiger partial charge in [-0.3, -0.25) is 0 Å². The van der Waals surface area contributed by atoms with E-state index in [1.165, 1.54) is 0 Å². The lowest BCUT2D eigenvalue weighted by molar-refractivity contribution is 0.0578. The Kier molecular flexibility index (Phi) is 5.21. The number of rotatable bonds is 4. The highest BCUT2D eigenvalue weighted by Crippen LogP contribution is 2.33. The molecule has 0 fully saturated rings. The van der Waals surface area contributed by atoms with Gasteiger partial charge < -0.3 is 9.84 Å². The van der Waals surface area contributed by atoms with Crippen LogP contribution in [0.4, 0.5) is 0 Å². The molecule has 0 rings (SSSR count). The van der Waals surface area contributed by atoms with Crippen LogP contribution in [0.1, 0.15) is 41.5 Å². The van der Waals surface area contributed by atoms with Crippen LogP contribution < -0.4 is 0 Å². The van der Waals surface area contributed by atoms with Crippen molar-refractivity contribution < 1.29 is 9.84 Å². The molecule has 0 saturated heterocycles. The van der Waals surface area contributed by atoms with Gasteiger partial charge in [-0.1, -0.05) is 33.4 Å². The van der Waals surface area contributed by atoms with Gasteiger partial charge in [0.2, 0.25) is 0 Å². The Balaban J connectivity index is 5.55. The van der Waals surface area contributed by atoms with Crippen LogP contribution in [0.2, 0.25) is 0 Å². The third-order valence-corrected chi connectivity index (χ3v) is 2.94. The van der Waals surface area contributed by atoms with Crippen LogP contribution in [0.5, 0.6) is 0 Å². The number of aliphatic hydroxyl groups excluding tert-OH is 1. The minimum Gasteiger partial charge on any atom is -0.508 e. The van der Waals surface area contributed by atoms with Crippen molar-refractivity contribution in [1.29, 1.82) is 0 Å². The van der Waals surface area contributed by atoms with Crippen LogP contribution in [0.3, 0.4) is 0 Å². The smallest absolute Gasteiger partial charge is 0.112 e. The van der Waals surface area contributed by atoms with E-state index >= 15 is 0 Å². The molecule has 0 aliphatic heterocycles. The summed E-state index contributed by atoms with van der Waals surface area (Å²) in [5.41, 5.74) is 1.33. The SMILES string of the molecule is C=C(O)/C(=C\C(=C/C)C(C)(C)OC)C(C)(C)C. The largest absolute Gasteiger partial charge is 0.508 e. The van der Waals surface area contributed by atoms with Crippen molar-refractivity contribution >= 4 is 0 Å². The van der Waals surface area contributed by atoms with Crippen molar-refractivity contribution in [2.45, 2.75) is 47.1 Å². The van der Waals surface area contributed by atoms with Gasteiger partial charge in [0.15, 0.2) is 0 Å². The van der Waals surface area contributed by atoms with Crippen LogP contribution in [-0.2, 0) is 4.74 Å². The molecule has 0 spiro atoms. The molecule has 1 N–H and O–H groups in total. The van der Waals surface area contributed by atoms with Crippen molar-refractivity contribution in [2.24, 2.45) is 5.41 Å². The Labute approximate surface area is 106 Å². The lowest BCUT2D eigenvalue weighted by Gasteiger charge is -2.28. The number of ether oxygens (including phenoxy) is 1. The minimum absolute atomic E-state index is 0.115. The zero-order valence-electron chi connectivity index (χ0n) is 12.2.